The van der Waals surface area contributed by atoms with Crippen LogP contribution in [0.2, 0.25) is 0 Å². The van der Waals surface area contributed by atoms with Gasteiger partial charge in [0, 0.05) is 44.4 Å². The molecule has 1 fully saturated rings. The van der Waals surface area contributed by atoms with Crippen molar-refractivity contribution in [1.29, 1.82) is 0 Å². The number of benzene rings is 1. The number of likely N-dealkylation sites (tertiary alicyclic amines) is 1. The lowest BCUT2D eigenvalue weighted by atomic mass is 10.2. The average Bonchev–Trinajstić information content (AvgIpc) is 3.12. The molecule has 3 rings (SSSR count). The van der Waals surface area contributed by atoms with E-state index < -0.39 is 0 Å². The van der Waals surface area contributed by atoms with Crippen molar-refractivity contribution in [3.05, 3.63) is 54.4 Å². The maximum Gasteiger partial charge on any atom is 0.322 e. The van der Waals surface area contributed by atoms with Gasteiger partial charge in [-0.05, 0) is 30.7 Å². The van der Waals surface area contributed by atoms with Gasteiger partial charge >= 0.3 is 6.03 Å². The number of carbonyl (C=O) groups is 2. The van der Waals surface area contributed by atoms with E-state index in [0.29, 0.717) is 37.6 Å². The Bertz CT molecular complexity index is 782. The largest absolute Gasteiger partial charge is 0.491 e. The maximum absolute atomic E-state index is 12.5. The summed E-state index contributed by atoms with van der Waals surface area (Å²) >= 11 is 0. The third-order valence-corrected chi connectivity index (χ3v) is 4.35. The third kappa shape index (κ3) is 5.44. The van der Waals surface area contributed by atoms with E-state index in [1.807, 2.05) is 42.5 Å². The Kier molecular flexibility index (Phi) is 6.25. The molecule has 2 aromatic rings. The van der Waals surface area contributed by atoms with Gasteiger partial charge in [0.25, 0.3) is 0 Å². The summed E-state index contributed by atoms with van der Waals surface area (Å²) in [5.74, 6) is 0.549. The molecule has 27 heavy (non-hydrogen) atoms. The SMILES string of the molecule is CC(=O)N[C@@H]1CCN(C(=O)Nc2ccccc2OCCc2ccccn2)C1. The number of nitrogens with zero attached hydrogens (tertiary/aromatic N) is 2. The van der Waals surface area contributed by atoms with Crippen LogP contribution in [-0.4, -0.2) is 47.6 Å². The molecule has 0 bridgehead atoms. The normalized spacial score (nSPS) is 16.0. The number of pyridine rings is 1. The van der Waals surface area contributed by atoms with Gasteiger partial charge in [-0.25, -0.2) is 4.79 Å². The van der Waals surface area contributed by atoms with Gasteiger partial charge in [-0.15, -0.1) is 0 Å². The minimum atomic E-state index is -0.191. The molecule has 1 aromatic carbocycles. The monoisotopic (exact) mass is 368 g/mol. The van der Waals surface area contributed by atoms with E-state index in [0.717, 1.165) is 12.1 Å². The second-order valence-electron chi connectivity index (χ2n) is 6.48. The Hall–Kier alpha value is -3.09. The zero-order valence-electron chi connectivity index (χ0n) is 15.4. The summed E-state index contributed by atoms with van der Waals surface area (Å²) in [6, 6.07) is 13.0. The third-order valence-electron chi connectivity index (χ3n) is 4.35. The zero-order valence-corrected chi connectivity index (χ0v) is 15.4. The highest BCUT2D eigenvalue weighted by atomic mass is 16.5. The Labute approximate surface area is 158 Å². The lowest BCUT2D eigenvalue weighted by Crippen LogP contribution is -2.38. The molecular weight excluding hydrogens is 344 g/mol. The second kappa shape index (κ2) is 9.02. The van der Waals surface area contributed by atoms with Crippen LogP contribution in [0.1, 0.15) is 19.0 Å². The van der Waals surface area contributed by atoms with Gasteiger partial charge in [0.2, 0.25) is 5.91 Å². The molecule has 142 valence electrons. The first-order valence-corrected chi connectivity index (χ1v) is 9.06. The number of hydrogen-bond donors (Lipinski definition) is 2. The highest BCUT2D eigenvalue weighted by molar-refractivity contribution is 5.91. The number of amides is 3. The molecule has 1 aromatic heterocycles. The second-order valence-corrected chi connectivity index (χ2v) is 6.48. The smallest absolute Gasteiger partial charge is 0.322 e. The van der Waals surface area contributed by atoms with Gasteiger partial charge in [-0.2, -0.15) is 0 Å². The van der Waals surface area contributed by atoms with Crippen molar-refractivity contribution in [3.63, 3.8) is 0 Å². The van der Waals surface area contributed by atoms with Crippen LogP contribution in [-0.2, 0) is 11.2 Å². The topological polar surface area (TPSA) is 83.6 Å². The predicted molar refractivity (Wildman–Crippen MR) is 103 cm³/mol. The van der Waals surface area contributed by atoms with E-state index in [2.05, 4.69) is 15.6 Å². The number of rotatable bonds is 6. The van der Waals surface area contributed by atoms with E-state index in [9.17, 15) is 9.59 Å². The van der Waals surface area contributed by atoms with E-state index in [-0.39, 0.29) is 18.0 Å². The van der Waals surface area contributed by atoms with Crippen molar-refractivity contribution in [2.45, 2.75) is 25.8 Å². The molecular formula is C20H24N4O3. The van der Waals surface area contributed by atoms with Gasteiger partial charge in [-0.1, -0.05) is 18.2 Å². The molecule has 1 aliphatic rings. The predicted octanol–water partition coefficient (Wildman–Crippen LogP) is 2.45. The molecule has 3 amide bonds. The Morgan fingerprint density at radius 2 is 2.04 bits per heavy atom. The van der Waals surface area contributed by atoms with Crippen molar-refractivity contribution in [2.24, 2.45) is 0 Å². The first kappa shape index (κ1) is 18.7. The fourth-order valence-electron chi connectivity index (χ4n) is 3.05. The summed E-state index contributed by atoms with van der Waals surface area (Å²) in [4.78, 5) is 29.7. The van der Waals surface area contributed by atoms with Crippen LogP contribution in [0.3, 0.4) is 0 Å². The highest BCUT2D eigenvalue weighted by Gasteiger charge is 2.27. The van der Waals surface area contributed by atoms with Crippen LogP contribution < -0.4 is 15.4 Å². The number of aromatic nitrogens is 1. The van der Waals surface area contributed by atoms with Gasteiger partial charge in [0.05, 0.1) is 12.3 Å². The number of anilines is 1. The number of urea groups is 1. The lowest BCUT2D eigenvalue weighted by Gasteiger charge is -2.19. The number of ether oxygens (including phenoxy) is 1. The summed E-state index contributed by atoms with van der Waals surface area (Å²) in [7, 11) is 0. The van der Waals surface area contributed by atoms with E-state index in [4.69, 9.17) is 4.74 Å². The number of para-hydroxylation sites is 2. The molecule has 1 saturated heterocycles. The van der Waals surface area contributed by atoms with Crippen LogP contribution >= 0.6 is 0 Å². The fourth-order valence-corrected chi connectivity index (χ4v) is 3.05. The summed E-state index contributed by atoms with van der Waals surface area (Å²) < 4.78 is 5.85. The van der Waals surface area contributed by atoms with Crippen LogP contribution in [0.4, 0.5) is 10.5 Å². The quantitative estimate of drug-likeness (QED) is 0.820. The Morgan fingerprint density at radius 3 is 2.81 bits per heavy atom. The van der Waals surface area contributed by atoms with Crippen molar-refractivity contribution in [1.82, 2.24) is 15.2 Å². The van der Waals surface area contributed by atoms with E-state index in [1.165, 1.54) is 6.92 Å². The van der Waals surface area contributed by atoms with Crippen LogP contribution in [0.15, 0.2) is 48.7 Å². The standard InChI is InChI=1S/C20H24N4O3/c1-15(25)22-17-9-12-24(14-17)20(26)23-18-7-2-3-8-19(18)27-13-10-16-6-4-5-11-21-16/h2-8,11,17H,9-10,12-14H2,1H3,(H,22,25)(H,23,26)/t17-/m1/s1. The van der Waals surface area contributed by atoms with Crippen LogP contribution in [0.5, 0.6) is 5.75 Å². The summed E-state index contributed by atoms with van der Waals surface area (Å²) in [5.41, 5.74) is 1.59. The van der Waals surface area contributed by atoms with Gasteiger partial charge in [0.1, 0.15) is 5.75 Å². The molecule has 0 unspecified atom stereocenters. The Morgan fingerprint density at radius 1 is 1.22 bits per heavy atom. The molecule has 7 heteroatoms. The zero-order chi connectivity index (χ0) is 19.1. The van der Waals surface area contributed by atoms with Crippen molar-refractivity contribution in [3.8, 4) is 5.75 Å². The highest BCUT2D eigenvalue weighted by Crippen LogP contribution is 2.25. The number of nitrogens with one attached hydrogen (secondary N) is 2. The molecule has 0 spiro atoms. The summed E-state index contributed by atoms with van der Waals surface area (Å²) in [6.45, 7) is 3.08. The first-order valence-electron chi connectivity index (χ1n) is 9.06. The molecule has 2 heterocycles. The molecule has 1 atom stereocenters. The van der Waals surface area contributed by atoms with Crippen molar-refractivity contribution >= 4 is 17.6 Å². The molecule has 7 nitrogen and oxygen atoms in total. The molecule has 0 radical (unpaired) electrons. The van der Waals surface area contributed by atoms with Gasteiger partial charge < -0.3 is 20.3 Å². The lowest BCUT2D eigenvalue weighted by molar-refractivity contribution is -0.119. The molecule has 2 N–H and O–H groups in total. The number of hydrogen-bond acceptors (Lipinski definition) is 4. The molecule has 0 saturated carbocycles. The first-order chi connectivity index (χ1) is 13.1. The average molecular weight is 368 g/mol. The van der Waals surface area contributed by atoms with Crippen LogP contribution in [0, 0.1) is 0 Å². The van der Waals surface area contributed by atoms with E-state index >= 15 is 0 Å². The van der Waals surface area contributed by atoms with Crippen LogP contribution in [0.25, 0.3) is 0 Å². The molecule has 0 aliphatic carbocycles. The molecule has 1 aliphatic heterocycles. The van der Waals surface area contributed by atoms with E-state index in [1.54, 1.807) is 11.1 Å². The van der Waals surface area contributed by atoms with Crippen molar-refractivity contribution in [2.75, 3.05) is 25.0 Å². The summed E-state index contributed by atoms with van der Waals surface area (Å²) in [6.07, 6.45) is 3.21. The van der Waals surface area contributed by atoms with Gasteiger partial charge in [0.15, 0.2) is 0 Å². The summed E-state index contributed by atoms with van der Waals surface area (Å²) in [5, 5.41) is 5.76. The fraction of sp³-hybridized carbons (Fsp3) is 0.350. The number of carbonyl (C=O) groups excluding carboxylic acids is 2. The Balaban J connectivity index is 1.54. The van der Waals surface area contributed by atoms with Gasteiger partial charge in [-0.3, -0.25) is 9.78 Å². The minimum absolute atomic E-state index is 0.0121. The van der Waals surface area contributed by atoms with Crippen molar-refractivity contribution < 1.29 is 14.3 Å². The minimum Gasteiger partial charge on any atom is -0.491 e. The maximum atomic E-state index is 12.5.